The van der Waals surface area contributed by atoms with Crippen LogP contribution in [-0.2, 0) is 4.79 Å². The SMILES string of the molecule is CC(N)C(=O)Nc1cccc(Oc2ccccc2)c1. The first kappa shape index (κ1) is 13.1. The van der Waals surface area contributed by atoms with Crippen molar-refractivity contribution in [2.75, 3.05) is 5.32 Å². The first-order chi connectivity index (χ1) is 9.15. The van der Waals surface area contributed by atoms with Crippen LogP contribution in [0.2, 0.25) is 0 Å². The van der Waals surface area contributed by atoms with Crippen LogP contribution in [0.5, 0.6) is 11.5 Å². The number of rotatable bonds is 4. The molecule has 2 aromatic carbocycles. The van der Waals surface area contributed by atoms with Crippen molar-refractivity contribution >= 4 is 11.6 Å². The Morgan fingerprint density at radius 2 is 1.79 bits per heavy atom. The maximum atomic E-state index is 11.5. The standard InChI is InChI=1S/C15H16N2O2/c1-11(16)15(18)17-12-6-5-9-14(10-12)19-13-7-3-2-4-8-13/h2-11H,16H2,1H3,(H,17,18). The molecule has 1 unspecified atom stereocenters. The highest BCUT2D eigenvalue weighted by Crippen LogP contribution is 2.23. The summed E-state index contributed by atoms with van der Waals surface area (Å²) in [4.78, 5) is 11.5. The Morgan fingerprint density at radius 1 is 1.11 bits per heavy atom. The zero-order valence-electron chi connectivity index (χ0n) is 10.7. The molecule has 0 spiro atoms. The fourth-order valence-corrected chi connectivity index (χ4v) is 1.52. The number of benzene rings is 2. The molecule has 0 aliphatic heterocycles. The molecule has 1 amide bonds. The molecule has 0 aliphatic rings. The van der Waals surface area contributed by atoms with Crippen LogP contribution in [0.15, 0.2) is 54.6 Å². The van der Waals surface area contributed by atoms with E-state index in [1.54, 1.807) is 19.1 Å². The lowest BCUT2D eigenvalue weighted by Gasteiger charge is -2.10. The van der Waals surface area contributed by atoms with Gasteiger partial charge in [-0.15, -0.1) is 0 Å². The average Bonchev–Trinajstić information content (AvgIpc) is 2.40. The zero-order valence-corrected chi connectivity index (χ0v) is 10.7. The Labute approximate surface area is 112 Å². The van der Waals surface area contributed by atoms with Crippen molar-refractivity contribution in [3.8, 4) is 11.5 Å². The van der Waals surface area contributed by atoms with Crippen LogP contribution < -0.4 is 15.8 Å². The molecule has 3 N–H and O–H groups in total. The van der Waals surface area contributed by atoms with Crippen molar-refractivity contribution in [3.05, 3.63) is 54.6 Å². The average molecular weight is 256 g/mol. The molecule has 1 atom stereocenters. The Kier molecular flexibility index (Phi) is 4.15. The predicted molar refractivity (Wildman–Crippen MR) is 75.2 cm³/mol. The number of anilines is 1. The van der Waals surface area contributed by atoms with Crippen molar-refractivity contribution in [2.24, 2.45) is 5.73 Å². The lowest BCUT2D eigenvalue weighted by molar-refractivity contribution is -0.117. The zero-order chi connectivity index (χ0) is 13.7. The third kappa shape index (κ3) is 3.82. The van der Waals surface area contributed by atoms with Gasteiger partial charge in [-0.2, -0.15) is 0 Å². The van der Waals surface area contributed by atoms with Gasteiger partial charge in [-0.05, 0) is 31.2 Å². The molecule has 98 valence electrons. The quantitative estimate of drug-likeness (QED) is 0.884. The topological polar surface area (TPSA) is 64.4 Å². The summed E-state index contributed by atoms with van der Waals surface area (Å²) in [5.41, 5.74) is 6.16. The third-order valence-corrected chi connectivity index (χ3v) is 2.49. The fraction of sp³-hybridized carbons (Fsp3) is 0.133. The number of ether oxygens (including phenoxy) is 1. The summed E-state index contributed by atoms with van der Waals surface area (Å²) in [6, 6.07) is 16.1. The molecule has 0 saturated heterocycles. The van der Waals surface area contributed by atoms with Gasteiger partial charge in [0.1, 0.15) is 11.5 Å². The van der Waals surface area contributed by atoms with Crippen LogP contribution in [0.3, 0.4) is 0 Å². The fourth-order valence-electron chi connectivity index (χ4n) is 1.52. The van der Waals surface area contributed by atoms with Gasteiger partial charge < -0.3 is 15.8 Å². The molecule has 2 rings (SSSR count). The molecule has 2 aromatic rings. The minimum Gasteiger partial charge on any atom is -0.457 e. The maximum absolute atomic E-state index is 11.5. The predicted octanol–water partition coefficient (Wildman–Crippen LogP) is 2.76. The van der Waals surface area contributed by atoms with E-state index >= 15 is 0 Å². The second-order valence-corrected chi connectivity index (χ2v) is 4.22. The van der Waals surface area contributed by atoms with E-state index < -0.39 is 6.04 Å². The van der Waals surface area contributed by atoms with E-state index in [1.165, 1.54) is 0 Å². The van der Waals surface area contributed by atoms with Crippen LogP contribution in [0.1, 0.15) is 6.92 Å². The number of amides is 1. The van der Waals surface area contributed by atoms with Crippen molar-refractivity contribution in [1.82, 2.24) is 0 Å². The molecule has 0 fully saturated rings. The summed E-state index contributed by atoms with van der Waals surface area (Å²) in [6.45, 7) is 1.64. The molecule has 4 nitrogen and oxygen atoms in total. The smallest absolute Gasteiger partial charge is 0.241 e. The molecule has 0 heterocycles. The summed E-state index contributed by atoms with van der Waals surface area (Å²) in [5, 5.41) is 2.72. The van der Waals surface area contributed by atoms with Gasteiger partial charge in [0.05, 0.1) is 6.04 Å². The molecule has 0 bridgehead atoms. The number of carbonyl (C=O) groups excluding carboxylic acids is 1. The summed E-state index contributed by atoms with van der Waals surface area (Å²) < 4.78 is 5.68. The molecule has 4 heteroatoms. The number of nitrogens with two attached hydrogens (primary N) is 1. The van der Waals surface area contributed by atoms with Gasteiger partial charge in [0, 0.05) is 11.8 Å². The number of nitrogens with one attached hydrogen (secondary N) is 1. The Morgan fingerprint density at radius 3 is 2.47 bits per heavy atom. The van der Waals surface area contributed by atoms with Gasteiger partial charge in [0.25, 0.3) is 0 Å². The van der Waals surface area contributed by atoms with Crippen molar-refractivity contribution in [1.29, 1.82) is 0 Å². The summed E-state index contributed by atoms with van der Waals surface area (Å²) in [6.07, 6.45) is 0. The van der Waals surface area contributed by atoms with Gasteiger partial charge in [-0.3, -0.25) is 4.79 Å². The van der Waals surface area contributed by atoms with E-state index in [2.05, 4.69) is 5.32 Å². The van der Waals surface area contributed by atoms with Crippen molar-refractivity contribution < 1.29 is 9.53 Å². The van der Waals surface area contributed by atoms with E-state index in [1.807, 2.05) is 42.5 Å². The van der Waals surface area contributed by atoms with Crippen LogP contribution in [0.4, 0.5) is 5.69 Å². The second kappa shape index (κ2) is 6.02. The minimum atomic E-state index is -0.543. The Balaban J connectivity index is 2.09. The number of para-hydroxylation sites is 1. The first-order valence-electron chi connectivity index (χ1n) is 6.04. The second-order valence-electron chi connectivity index (χ2n) is 4.22. The number of carbonyl (C=O) groups is 1. The van der Waals surface area contributed by atoms with E-state index in [0.29, 0.717) is 11.4 Å². The van der Waals surface area contributed by atoms with Crippen molar-refractivity contribution in [3.63, 3.8) is 0 Å². The monoisotopic (exact) mass is 256 g/mol. The highest BCUT2D eigenvalue weighted by molar-refractivity contribution is 5.94. The van der Waals surface area contributed by atoms with E-state index in [4.69, 9.17) is 10.5 Å². The molecule has 0 aliphatic carbocycles. The van der Waals surface area contributed by atoms with Gasteiger partial charge in [-0.1, -0.05) is 24.3 Å². The van der Waals surface area contributed by atoms with Gasteiger partial charge in [-0.25, -0.2) is 0 Å². The Hall–Kier alpha value is -2.33. The van der Waals surface area contributed by atoms with Gasteiger partial charge in [0.2, 0.25) is 5.91 Å². The molecule has 19 heavy (non-hydrogen) atoms. The normalized spacial score (nSPS) is 11.7. The number of hydrogen-bond donors (Lipinski definition) is 2. The van der Waals surface area contributed by atoms with E-state index in [-0.39, 0.29) is 5.91 Å². The number of hydrogen-bond acceptors (Lipinski definition) is 3. The van der Waals surface area contributed by atoms with Gasteiger partial charge >= 0.3 is 0 Å². The summed E-state index contributed by atoms with van der Waals surface area (Å²) in [7, 11) is 0. The molecule has 0 saturated carbocycles. The molecular formula is C15H16N2O2. The van der Waals surface area contributed by atoms with Crippen LogP contribution in [-0.4, -0.2) is 11.9 Å². The highest BCUT2D eigenvalue weighted by Gasteiger charge is 2.07. The van der Waals surface area contributed by atoms with Crippen molar-refractivity contribution in [2.45, 2.75) is 13.0 Å². The van der Waals surface area contributed by atoms with Gasteiger partial charge in [0.15, 0.2) is 0 Å². The molecule has 0 aromatic heterocycles. The first-order valence-corrected chi connectivity index (χ1v) is 6.04. The Bertz CT molecular complexity index is 553. The van der Waals surface area contributed by atoms with Crippen LogP contribution >= 0.6 is 0 Å². The van der Waals surface area contributed by atoms with Crippen LogP contribution in [0, 0.1) is 0 Å². The largest absolute Gasteiger partial charge is 0.457 e. The molecule has 0 radical (unpaired) electrons. The lowest BCUT2D eigenvalue weighted by Crippen LogP contribution is -2.32. The summed E-state index contributed by atoms with van der Waals surface area (Å²) >= 11 is 0. The highest BCUT2D eigenvalue weighted by atomic mass is 16.5. The third-order valence-electron chi connectivity index (χ3n) is 2.49. The minimum absolute atomic E-state index is 0.225. The molecular weight excluding hydrogens is 240 g/mol. The van der Waals surface area contributed by atoms with E-state index in [0.717, 1.165) is 5.75 Å². The lowest BCUT2D eigenvalue weighted by atomic mass is 10.2. The maximum Gasteiger partial charge on any atom is 0.241 e. The summed E-state index contributed by atoms with van der Waals surface area (Å²) in [5.74, 6) is 1.18. The van der Waals surface area contributed by atoms with E-state index in [9.17, 15) is 4.79 Å². The van der Waals surface area contributed by atoms with Crippen LogP contribution in [0.25, 0.3) is 0 Å².